The molecule has 0 aliphatic heterocycles. The van der Waals surface area contributed by atoms with Crippen LogP contribution in [0.3, 0.4) is 0 Å². The normalized spacial score (nSPS) is 12.1. The molecule has 528 valence electrons. The first-order chi connectivity index (χ1) is 42.6. The molecule has 0 heterocycles. The number of anilines is 10. The van der Waals surface area contributed by atoms with Crippen molar-refractivity contribution in [3.63, 3.8) is 0 Å². The first-order valence-corrected chi connectivity index (χ1v) is 37.9. The molecule has 0 saturated heterocycles. The van der Waals surface area contributed by atoms with Crippen molar-refractivity contribution >= 4 is 203 Å². The molecule has 0 aliphatic rings. The lowest BCUT2D eigenvalue weighted by Gasteiger charge is -2.27. The lowest BCUT2D eigenvalue weighted by atomic mass is 9.88. The van der Waals surface area contributed by atoms with E-state index in [1.54, 1.807) is 0 Å². The molecule has 6 rings (SSSR count). The summed E-state index contributed by atoms with van der Waals surface area (Å²) >= 11 is 61.3. The van der Waals surface area contributed by atoms with Gasteiger partial charge in [-0.25, -0.2) is 0 Å². The Bertz CT molecular complexity index is 3770. The van der Waals surface area contributed by atoms with Gasteiger partial charge in [0.05, 0.1) is 111 Å². The fraction of sp³-hybridized carbons (Fsp3) is 0.667. The van der Waals surface area contributed by atoms with Gasteiger partial charge in [0.2, 0.25) is 0 Å². The zero-order valence-electron chi connectivity index (χ0n) is 61.3. The minimum Gasteiger partial charge on any atom is -0.397 e. The second-order valence-electron chi connectivity index (χ2n) is 32.7. The summed E-state index contributed by atoms with van der Waals surface area (Å²) in [5.74, 6) is 0. The largest absolute Gasteiger partial charge is 0.397 e. The molecule has 0 saturated carbocycles. The van der Waals surface area contributed by atoms with Crippen LogP contribution in [0.25, 0.3) is 0 Å². The molecular weight excluding hydrogens is 1390 g/mol. The van der Waals surface area contributed by atoms with Crippen LogP contribution in [0.15, 0.2) is 0 Å². The molecule has 0 radical (unpaired) electrons. The third-order valence-electron chi connectivity index (χ3n) is 16.2. The number of nitrogens with two attached hydrogens (primary N) is 6. The summed E-state index contributed by atoms with van der Waals surface area (Å²) in [4.78, 5) is 8.49. The van der Waals surface area contributed by atoms with Gasteiger partial charge in [-0.1, -0.05) is 291 Å². The van der Waals surface area contributed by atoms with Gasteiger partial charge in [0, 0.05) is 54.4 Å². The zero-order valence-corrected chi connectivity index (χ0v) is 71.1. The van der Waals surface area contributed by atoms with Crippen LogP contribution in [-0.2, 0) is 12.8 Å². The van der Waals surface area contributed by atoms with E-state index in [0.29, 0.717) is 82.3 Å². The first-order valence-electron chi connectivity index (χ1n) is 33.0. The molecule has 12 N–H and O–H groups in total. The van der Waals surface area contributed by atoms with E-state index in [1.807, 2.05) is 28.2 Å². The predicted molar refractivity (Wildman–Crippen MR) is 451 cm³/mol. The summed E-state index contributed by atoms with van der Waals surface area (Å²) in [7, 11) is 8.10. The molecule has 0 aromatic heterocycles. The van der Waals surface area contributed by atoms with Crippen molar-refractivity contribution in [1.82, 2.24) is 0 Å². The van der Waals surface area contributed by atoms with E-state index in [1.165, 1.54) is 64.2 Å². The van der Waals surface area contributed by atoms with Gasteiger partial charge in [-0.2, -0.15) is 0 Å². The first kappa shape index (κ1) is 89.5. The van der Waals surface area contributed by atoms with Crippen molar-refractivity contribution < 1.29 is 0 Å². The van der Waals surface area contributed by atoms with Crippen LogP contribution in [-0.4, -0.2) is 54.4 Å². The van der Waals surface area contributed by atoms with Crippen LogP contribution in [0, 0.1) is 86.6 Å². The second-order valence-corrected chi connectivity index (χ2v) is 37.6. The number of nitrogen functional groups attached to an aromatic ring is 6. The van der Waals surface area contributed by atoms with Gasteiger partial charge in [0.1, 0.15) is 0 Å². The van der Waals surface area contributed by atoms with Crippen LogP contribution in [0.1, 0.15) is 226 Å². The monoisotopic (exact) mass is 1510 g/mol. The van der Waals surface area contributed by atoms with E-state index in [-0.39, 0.29) is 0 Å². The van der Waals surface area contributed by atoms with Crippen molar-refractivity contribution in [3.8, 4) is 0 Å². The van der Waals surface area contributed by atoms with Crippen molar-refractivity contribution in [2.24, 2.45) is 32.5 Å². The van der Waals surface area contributed by atoms with Crippen LogP contribution in [0.4, 0.5) is 56.9 Å². The van der Waals surface area contributed by atoms with E-state index in [0.717, 1.165) is 137 Å². The van der Waals surface area contributed by atoms with E-state index in [4.69, 9.17) is 181 Å². The Kier molecular flexibility index (Phi) is 36.5. The minimum atomic E-state index is 0.329. The van der Waals surface area contributed by atoms with Crippen LogP contribution in [0.5, 0.6) is 0 Å². The third-order valence-corrected chi connectivity index (χ3v) is 22.0. The van der Waals surface area contributed by atoms with Crippen LogP contribution < -0.4 is 54.0 Å². The van der Waals surface area contributed by atoms with Gasteiger partial charge in [0.15, 0.2) is 0 Å². The highest BCUT2D eigenvalue weighted by Crippen LogP contribution is 2.37. The van der Waals surface area contributed by atoms with Gasteiger partial charge >= 0.3 is 0 Å². The molecular formula is C72H118N10S12. The van der Waals surface area contributed by atoms with E-state index in [2.05, 4.69) is 144 Å². The standard InChI is InChI=1S/C13H22N2S2.C13H21NS2.2C12H20N2S2.C11H18N2S2.C11H17NS2/c1-13(2,3)7-5-6-8-15(4)10-9(14)11(16)12(10)17;1-13(2,3)8-6-4-5-7-9-10(14)12(16)11(9)15;2*1-12(2,3)6-5-7-14(4)9-8(13)10(15)11(9)16;1-11(2,3)5-6-13(4)8-7(12)9(14)10(8)15;1-11(2,3)6-4-5-7-8(12)10(14)9(7)13/h5-8,14H2,1-4H3;4-8,14H2,1-3H3;2*5-7,13H2,1-4H3;5-6,12H2,1-4H3;4-6,12H2,1-3H3. The van der Waals surface area contributed by atoms with Crippen molar-refractivity contribution in [2.75, 3.05) is 108 Å². The Morgan fingerprint density at radius 1 is 0.223 bits per heavy atom. The number of hydrogen-bond donors (Lipinski definition) is 6. The highest BCUT2D eigenvalue weighted by atomic mass is 32.1. The Morgan fingerprint density at radius 3 is 0.691 bits per heavy atom. The summed E-state index contributed by atoms with van der Waals surface area (Å²) in [6.07, 6.45) is 18.8. The number of hydrogen-bond acceptors (Lipinski definition) is 22. The van der Waals surface area contributed by atoms with Gasteiger partial charge in [-0.05, 0) is 127 Å². The molecule has 0 amide bonds. The number of rotatable bonds is 24. The van der Waals surface area contributed by atoms with Crippen LogP contribution in [0.2, 0.25) is 0 Å². The van der Waals surface area contributed by atoms with Gasteiger partial charge in [-0.3, -0.25) is 0 Å². The maximum absolute atomic E-state index is 5.84. The molecule has 10 nitrogen and oxygen atoms in total. The Labute approximate surface area is 631 Å². The maximum Gasteiger partial charge on any atom is 0.0834 e. The molecule has 94 heavy (non-hydrogen) atoms. The smallest absolute Gasteiger partial charge is 0.0834 e. The summed E-state index contributed by atoms with van der Waals surface area (Å²) in [5, 5.41) is 0. The van der Waals surface area contributed by atoms with Gasteiger partial charge in [0.25, 0.3) is 0 Å². The average Bonchev–Trinajstić information content (AvgIpc) is 0.821. The lowest BCUT2D eigenvalue weighted by molar-refractivity contribution is 0.358. The zero-order chi connectivity index (χ0) is 73.3. The van der Waals surface area contributed by atoms with E-state index >= 15 is 0 Å². The average molecular weight is 1510 g/mol. The number of unbranched alkanes of at least 4 members (excludes halogenated alkanes) is 3. The second kappa shape index (κ2) is 38.4. The molecule has 0 fully saturated rings. The van der Waals surface area contributed by atoms with E-state index in [9.17, 15) is 0 Å². The van der Waals surface area contributed by atoms with Gasteiger partial charge in [-0.15, -0.1) is 0 Å². The molecule has 0 spiro atoms. The predicted octanol–water partition coefficient (Wildman–Crippen LogP) is 24.2. The molecule has 6 aromatic carbocycles. The Hall–Kier alpha value is -2.48. The molecule has 6 aromatic rings. The van der Waals surface area contributed by atoms with Crippen molar-refractivity contribution in [3.05, 3.63) is 65.2 Å². The lowest BCUT2D eigenvalue weighted by Crippen LogP contribution is -2.25. The summed E-state index contributed by atoms with van der Waals surface area (Å²) in [6, 6.07) is 0. The third kappa shape index (κ3) is 29.8. The molecule has 22 heteroatoms. The molecule has 0 unspecified atom stereocenters. The molecule has 0 aliphatic carbocycles. The summed E-state index contributed by atoms with van der Waals surface area (Å²) < 4.78 is 8.73. The SMILES string of the molecule is CC(C)(C)CCCCCc1c(N)c(=S)c1=S.CC(C)(C)CCCc1c(N)c(=S)c1=S.CN(CCC(C)(C)C)c1c(N)c(=S)c1=S.CN(CCCC(C)(C)C)c1c(N)c(=S)c1=S.CN(CCCC(C)(C)C)c1c(N)c(=S)c1=S.CN(CCCCC(C)(C)C)c1c(N)c(=S)c1=S. The highest BCUT2D eigenvalue weighted by Gasteiger charge is 2.22. The fourth-order valence-corrected chi connectivity index (χ4v) is 13.5. The van der Waals surface area contributed by atoms with Crippen LogP contribution >= 0.6 is 147 Å². The topological polar surface area (TPSA) is 169 Å². The van der Waals surface area contributed by atoms with Crippen molar-refractivity contribution in [1.29, 1.82) is 0 Å². The summed E-state index contributed by atoms with van der Waals surface area (Å²) in [6.45, 7) is 44.5. The minimum absolute atomic E-state index is 0.329. The Balaban J connectivity index is 0.000000564. The van der Waals surface area contributed by atoms with Crippen molar-refractivity contribution in [2.45, 2.75) is 227 Å². The number of nitrogens with zero attached hydrogens (tertiary/aromatic N) is 4. The quantitative estimate of drug-likeness (QED) is 0.0250. The van der Waals surface area contributed by atoms with E-state index < -0.39 is 0 Å². The highest BCUT2D eigenvalue weighted by molar-refractivity contribution is 7.75. The molecule has 0 bridgehead atoms. The fourth-order valence-electron chi connectivity index (χ4n) is 10.1. The Morgan fingerprint density at radius 2 is 0.436 bits per heavy atom. The maximum atomic E-state index is 5.84. The van der Waals surface area contributed by atoms with Gasteiger partial charge < -0.3 is 54.0 Å². The summed E-state index contributed by atoms with van der Waals surface area (Å²) in [5.41, 5.74) is 47.6. The molecule has 0 atom stereocenters.